The van der Waals surface area contributed by atoms with Gasteiger partial charge >= 0.3 is 0 Å². The average Bonchev–Trinajstić information content (AvgIpc) is 2.80. The molecule has 0 bridgehead atoms. The number of hydrogen-bond acceptors (Lipinski definition) is 6. The number of fused-ring (bicyclic) bond motifs is 1. The predicted molar refractivity (Wildman–Crippen MR) is 121 cm³/mol. The molecule has 154 valence electrons. The van der Waals surface area contributed by atoms with Gasteiger partial charge in [0.2, 0.25) is 0 Å². The quantitative estimate of drug-likeness (QED) is 0.384. The second kappa shape index (κ2) is 9.04. The first-order valence-electron chi connectivity index (χ1n) is 9.68. The van der Waals surface area contributed by atoms with Gasteiger partial charge in [0.15, 0.2) is 12.4 Å². The van der Waals surface area contributed by atoms with E-state index in [9.17, 15) is 9.90 Å². The molecule has 1 heterocycles. The number of oxime groups is 1. The number of hydrogen-bond donors (Lipinski definition) is 1. The summed E-state index contributed by atoms with van der Waals surface area (Å²) < 4.78 is 1.17. The van der Waals surface area contributed by atoms with Gasteiger partial charge in [0.05, 0.1) is 22.8 Å². The number of rotatable bonds is 6. The van der Waals surface area contributed by atoms with Crippen LogP contribution < -0.4 is 5.56 Å². The highest BCUT2D eigenvalue weighted by atomic mass is 16.6. The topological polar surface area (TPSA) is 89.1 Å². The molecule has 0 saturated heterocycles. The minimum absolute atomic E-state index is 0.0532. The van der Waals surface area contributed by atoms with Crippen LogP contribution in [0.2, 0.25) is 0 Å². The van der Waals surface area contributed by atoms with Gasteiger partial charge in [-0.2, -0.15) is 9.78 Å². The third-order valence-electron chi connectivity index (χ3n) is 4.66. The number of aromatic hydroxyl groups is 1. The van der Waals surface area contributed by atoms with E-state index in [-0.39, 0.29) is 17.9 Å². The molecule has 0 aliphatic carbocycles. The third-order valence-corrected chi connectivity index (χ3v) is 4.66. The van der Waals surface area contributed by atoms with Crippen molar-refractivity contribution < 1.29 is 9.94 Å². The molecule has 0 spiro atoms. The van der Waals surface area contributed by atoms with E-state index in [1.54, 1.807) is 42.5 Å². The molecule has 1 aromatic heterocycles. The molecule has 4 aromatic rings. The van der Waals surface area contributed by atoms with Crippen molar-refractivity contribution in [2.45, 2.75) is 13.5 Å². The lowest BCUT2D eigenvalue weighted by Gasteiger charge is -2.09. The van der Waals surface area contributed by atoms with E-state index < -0.39 is 0 Å². The minimum atomic E-state index is -0.334. The average molecular weight is 412 g/mol. The number of nitrogens with zero attached hydrogens (tertiary/aromatic N) is 4. The predicted octanol–water partition coefficient (Wildman–Crippen LogP) is 3.93. The van der Waals surface area contributed by atoms with Gasteiger partial charge in [-0.3, -0.25) is 4.79 Å². The highest BCUT2D eigenvalue weighted by Gasteiger charge is 2.11. The van der Waals surface area contributed by atoms with Crippen molar-refractivity contribution in [1.82, 2.24) is 9.66 Å². The van der Waals surface area contributed by atoms with Crippen LogP contribution in [-0.2, 0) is 11.4 Å². The van der Waals surface area contributed by atoms with Gasteiger partial charge in [0.1, 0.15) is 5.75 Å². The Morgan fingerprint density at radius 2 is 1.74 bits per heavy atom. The van der Waals surface area contributed by atoms with Crippen molar-refractivity contribution in [3.63, 3.8) is 0 Å². The van der Waals surface area contributed by atoms with Crippen LogP contribution in [0.4, 0.5) is 0 Å². The van der Waals surface area contributed by atoms with Crippen LogP contribution in [0, 0.1) is 0 Å². The highest BCUT2D eigenvalue weighted by molar-refractivity contribution is 5.98. The molecule has 1 N–H and O–H groups in total. The SMILES string of the molecule is C/C(=N\OCc1nc2ccccc2c(=O)n1/N=C/c1ccccc1O)c1ccccc1. The number of benzene rings is 3. The summed E-state index contributed by atoms with van der Waals surface area (Å²) >= 11 is 0. The van der Waals surface area contributed by atoms with Gasteiger partial charge in [-0.25, -0.2) is 4.98 Å². The molecule has 7 nitrogen and oxygen atoms in total. The molecule has 0 fully saturated rings. The highest BCUT2D eigenvalue weighted by Crippen LogP contribution is 2.14. The first-order valence-corrected chi connectivity index (χ1v) is 9.68. The standard InChI is InChI=1S/C24H20N4O3/c1-17(18-9-3-2-4-10-18)27-31-16-23-26-21-13-7-6-12-20(21)24(30)28(23)25-15-19-11-5-8-14-22(19)29/h2-15,29H,16H2,1H3/b25-15+,27-17+. The number of aromatic nitrogens is 2. The summed E-state index contributed by atoms with van der Waals surface area (Å²) in [6.07, 6.45) is 1.41. The van der Waals surface area contributed by atoms with E-state index in [0.29, 0.717) is 28.0 Å². The third kappa shape index (κ3) is 4.51. The van der Waals surface area contributed by atoms with Crippen LogP contribution in [0.25, 0.3) is 10.9 Å². The fraction of sp³-hybridized carbons (Fsp3) is 0.0833. The number of para-hydroxylation sites is 2. The van der Waals surface area contributed by atoms with E-state index >= 15 is 0 Å². The summed E-state index contributed by atoms with van der Waals surface area (Å²) in [6, 6.07) is 23.4. The maximum absolute atomic E-state index is 13.0. The van der Waals surface area contributed by atoms with E-state index in [1.165, 1.54) is 10.9 Å². The van der Waals surface area contributed by atoms with Crippen molar-refractivity contribution in [2.24, 2.45) is 10.3 Å². The summed E-state index contributed by atoms with van der Waals surface area (Å²) in [4.78, 5) is 23.1. The van der Waals surface area contributed by atoms with Gasteiger partial charge in [-0.05, 0) is 36.8 Å². The lowest BCUT2D eigenvalue weighted by Crippen LogP contribution is -2.22. The second-order valence-electron chi connectivity index (χ2n) is 6.78. The molecular weight excluding hydrogens is 392 g/mol. The fourth-order valence-corrected chi connectivity index (χ4v) is 3.02. The van der Waals surface area contributed by atoms with E-state index in [2.05, 4.69) is 15.2 Å². The number of phenolic OH excluding ortho intramolecular Hbond substituents is 1. The molecule has 0 radical (unpaired) electrons. The maximum Gasteiger partial charge on any atom is 0.282 e. The van der Waals surface area contributed by atoms with E-state index in [1.807, 2.05) is 43.3 Å². The van der Waals surface area contributed by atoms with Crippen LogP contribution in [0.15, 0.2) is 93.9 Å². The maximum atomic E-state index is 13.0. The largest absolute Gasteiger partial charge is 0.507 e. The van der Waals surface area contributed by atoms with Crippen molar-refractivity contribution in [2.75, 3.05) is 0 Å². The Hall–Kier alpha value is -4.26. The van der Waals surface area contributed by atoms with Gasteiger partial charge in [-0.15, -0.1) is 0 Å². The molecule has 0 aliphatic heterocycles. The Bertz CT molecular complexity index is 1330. The summed E-state index contributed by atoms with van der Waals surface area (Å²) in [6.45, 7) is 1.79. The van der Waals surface area contributed by atoms with Crippen LogP contribution >= 0.6 is 0 Å². The molecule has 0 amide bonds. The Kier molecular flexibility index (Phi) is 5.84. The van der Waals surface area contributed by atoms with E-state index in [4.69, 9.17) is 4.84 Å². The molecule has 7 heteroatoms. The Labute approximate surface area is 178 Å². The van der Waals surface area contributed by atoms with Gasteiger partial charge < -0.3 is 9.94 Å². The monoisotopic (exact) mass is 412 g/mol. The van der Waals surface area contributed by atoms with E-state index in [0.717, 1.165) is 5.56 Å². The normalized spacial score (nSPS) is 11.8. The van der Waals surface area contributed by atoms with Crippen LogP contribution in [0.3, 0.4) is 0 Å². The molecule has 3 aromatic carbocycles. The smallest absolute Gasteiger partial charge is 0.282 e. The molecule has 0 unspecified atom stereocenters. The summed E-state index contributed by atoms with van der Waals surface area (Å²) in [5, 5.41) is 18.8. The van der Waals surface area contributed by atoms with Gasteiger partial charge in [-0.1, -0.05) is 59.8 Å². The van der Waals surface area contributed by atoms with Crippen LogP contribution in [0.1, 0.15) is 23.9 Å². The van der Waals surface area contributed by atoms with Crippen molar-refractivity contribution in [3.8, 4) is 5.75 Å². The van der Waals surface area contributed by atoms with Gasteiger partial charge in [0, 0.05) is 5.56 Å². The fourth-order valence-electron chi connectivity index (χ4n) is 3.02. The van der Waals surface area contributed by atoms with Crippen molar-refractivity contribution >= 4 is 22.8 Å². The summed E-state index contributed by atoms with van der Waals surface area (Å²) in [7, 11) is 0. The first-order chi connectivity index (χ1) is 15.1. The molecule has 0 atom stereocenters. The number of phenols is 1. The lowest BCUT2D eigenvalue weighted by molar-refractivity contribution is 0.122. The molecule has 0 aliphatic rings. The van der Waals surface area contributed by atoms with Crippen molar-refractivity contribution in [3.05, 3.63) is 106 Å². The van der Waals surface area contributed by atoms with Crippen LogP contribution in [0.5, 0.6) is 5.75 Å². The Morgan fingerprint density at radius 1 is 1.03 bits per heavy atom. The Morgan fingerprint density at radius 3 is 2.55 bits per heavy atom. The molecular formula is C24H20N4O3. The second-order valence-corrected chi connectivity index (χ2v) is 6.78. The van der Waals surface area contributed by atoms with Gasteiger partial charge in [0.25, 0.3) is 5.56 Å². The molecule has 0 saturated carbocycles. The minimum Gasteiger partial charge on any atom is -0.507 e. The first kappa shape index (κ1) is 20.0. The zero-order valence-electron chi connectivity index (χ0n) is 16.8. The van der Waals surface area contributed by atoms with Crippen molar-refractivity contribution in [1.29, 1.82) is 0 Å². The molecule has 4 rings (SSSR count). The summed E-state index contributed by atoms with van der Waals surface area (Å²) in [5.74, 6) is 0.355. The Balaban J connectivity index is 1.69. The molecule has 31 heavy (non-hydrogen) atoms. The lowest BCUT2D eigenvalue weighted by atomic mass is 10.1. The zero-order valence-corrected chi connectivity index (χ0v) is 16.8. The zero-order chi connectivity index (χ0) is 21.6. The van der Waals surface area contributed by atoms with Crippen LogP contribution in [-0.4, -0.2) is 26.7 Å². The summed E-state index contributed by atoms with van der Waals surface area (Å²) in [5.41, 5.74) is 2.33.